The lowest BCUT2D eigenvalue weighted by atomic mass is 10.2. The first kappa shape index (κ1) is 9.08. The molecule has 0 saturated heterocycles. The van der Waals surface area contributed by atoms with Crippen molar-refractivity contribution in [3.63, 3.8) is 0 Å². The van der Waals surface area contributed by atoms with Gasteiger partial charge in [-0.2, -0.15) is 0 Å². The van der Waals surface area contributed by atoms with Gasteiger partial charge in [-0.1, -0.05) is 25.7 Å². The van der Waals surface area contributed by atoms with Crippen LogP contribution in [0.5, 0.6) is 0 Å². The molecule has 0 fully saturated rings. The Morgan fingerprint density at radius 1 is 1.40 bits per heavy atom. The average Bonchev–Trinajstić information content (AvgIpc) is 1.87. The quantitative estimate of drug-likeness (QED) is 0.533. The van der Waals surface area contributed by atoms with Crippen molar-refractivity contribution in [1.29, 1.82) is 0 Å². The Labute approximate surface area is 59.6 Å². The molecule has 0 atom stereocenters. The van der Waals surface area contributed by atoms with Gasteiger partial charge in [-0.3, -0.25) is 0 Å². The van der Waals surface area contributed by atoms with Crippen LogP contribution in [0, 0.1) is 0 Å². The summed E-state index contributed by atoms with van der Waals surface area (Å²) >= 11 is 0. The van der Waals surface area contributed by atoms with E-state index in [0.717, 1.165) is 6.08 Å². The van der Waals surface area contributed by atoms with E-state index in [2.05, 4.69) is 13.2 Å². The molecule has 0 aliphatic heterocycles. The van der Waals surface area contributed by atoms with Crippen molar-refractivity contribution in [1.82, 2.24) is 0 Å². The predicted octanol–water partition coefficient (Wildman–Crippen LogP) is 3.29. The Morgan fingerprint density at radius 3 is 2.20 bits per heavy atom. The summed E-state index contributed by atoms with van der Waals surface area (Å²) in [4.78, 5) is 0. The lowest BCUT2D eigenvalue weighted by molar-refractivity contribution is 0.547. The largest absolute Gasteiger partial charge is 0.204 e. The summed E-state index contributed by atoms with van der Waals surface area (Å²) in [6, 6.07) is 0. The molecule has 10 heavy (non-hydrogen) atoms. The maximum Gasteiger partial charge on any atom is 0.158 e. The highest BCUT2D eigenvalue weighted by Crippen LogP contribution is 2.13. The van der Waals surface area contributed by atoms with Gasteiger partial charge >= 0.3 is 0 Å². The van der Waals surface area contributed by atoms with E-state index >= 15 is 0 Å². The molecule has 0 N–H and O–H groups in total. The molecular formula is C8H10F2. The molecule has 0 amide bonds. The number of halogens is 2. The van der Waals surface area contributed by atoms with E-state index in [1.54, 1.807) is 0 Å². The molecule has 56 valence electrons. The van der Waals surface area contributed by atoms with Gasteiger partial charge in [-0.15, -0.1) is 0 Å². The summed E-state index contributed by atoms with van der Waals surface area (Å²) < 4.78 is 24.2. The van der Waals surface area contributed by atoms with Crippen LogP contribution in [0.3, 0.4) is 0 Å². The maximum atomic E-state index is 12.3. The molecular weight excluding hydrogens is 134 g/mol. The summed E-state index contributed by atoms with van der Waals surface area (Å²) in [6.07, 6.45) is 1.66. The van der Waals surface area contributed by atoms with E-state index in [1.807, 2.05) is 6.92 Å². The van der Waals surface area contributed by atoms with Crippen molar-refractivity contribution in [3.8, 4) is 0 Å². The molecule has 0 aromatic rings. The first-order valence-electron chi connectivity index (χ1n) is 2.97. The molecule has 0 nitrogen and oxygen atoms in total. The van der Waals surface area contributed by atoms with E-state index in [-0.39, 0.29) is 0 Å². The maximum absolute atomic E-state index is 12.3. The van der Waals surface area contributed by atoms with Gasteiger partial charge in [-0.05, 0) is 12.5 Å². The van der Waals surface area contributed by atoms with E-state index in [4.69, 9.17) is 0 Å². The fraction of sp³-hybridized carbons (Fsp3) is 0.250. The number of rotatable bonds is 3. The van der Waals surface area contributed by atoms with Crippen LogP contribution in [0.2, 0.25) is 0 Å². The Hall–Kier alpha value is -0.920. The van der Waals surface area contributed by atoms with Crippen LogP contribution in [0.1, 0.15) is 13.3 Å². The van der Waals surface area contributed by atoms with Gasteiger partial charge in [0.25, 0.3) is 0 Å². The molecule has 0 aromatic carbocycles. The summed E-state index contributed by atoms with van der Waals surface area (Å²) in [5.74, 6) is -1.98. The fourth-order valence-electron chi connectivity index (χ4n) is 0.360. The van der Waals surface area contributed by atoms with Crippen molar-refractivity contribution in [2.24, 2.45) is 0 Å². The van der Waals surface area contributed by atoms with Crippen LogP contribution < -0.4 is 0 Å². The summed E-state index contributed by atoms with van der Waals surface area (Å²) in [6.45, 7) is 8.08. The third-order valence-corrected chi connectivity index (χ3v) is 1.04. The van der Waals surface area contributed by atoms with Crippen molar-refractivity contribution < 1.29 is 8.78 Å². The van der Waals surface area contributed by atoms with Crippen molar-refractivity contribution in [3.05, 3.63) is 36.5 Å². The Morgan fingerprint density at radius 2 is 1.90 bits per heavy atom. The molecule has 0 rings (SSSR count). The molecule has 0 saturated carbocycles. The second-order valence-corrected chi connectivity index (χ2v) is 1.91. The molecule has 0 bridgehead atoms. The van der Waals surface area contributed by atoms with E-state index in [1.165, 1.54) is 0 Å². The fourth-order valence-corrected chi connectivity index (χ4v) is 0.360. The van der Waals surface area contributed by atoms with E-state index < -0.39 is 11.7 Å². The average molecular weight is 144 g/mol. The van der Waals surface area contributed by atoms with Gasteiger partial charge in [0.05, 0.1) is 0 Å². The van der Waals surface area contributed by atoms with Gasteiger partial charge in [0.1, 0.15) is 0 Å². The summed E-state index contributed by atoms with van der Waals surface area (Å²) in [5, 5.41) is 0. The van der Waals surface area contributed by atoms with Gasteiger partial charge in [0.2, 0.25) is 0 Å². The predicted molar refractivity (Wildman–Crippen MR) is 38.9 cm³/mol. The van der Waals surface area contributed by atoms with Crippen LogP contribution in [0.15, 0.2) is 36.5 Å². The Bertz CT molecular complexity index is 178. The summed E-state index contributed by atoms with van der Waals surface area (Å²) in [5.41, 5.74) is 0.552. The molecule has 0 heterocycles. The minimum absolute atomic E-state index is 0.552. The minimum atomic E-state index is -1.05. The second-order valence-electron chi connectivity index (χ2n) is 1.91. The van der Waals surface area contributed by atoms with Gasteiger partial charge in [0.15, 0.2) is 11.7 Å². The highest BCUT2D eigenvalue weighted by Gasteiger charge is 1.98. The lowest BCUT2D eigenvalue weighted by Crippen LogP contribution is -1.75. The van der Waals surface area contributed by atoms with Crippen LogP contribution in [0.25, 0.3) is 0 Å². The Balaban J connectivity index is 4.16. The van der Waals surface area contributed by atoms with E-state index in [0.29, 0.717) is 12.0 Å². The third-order valence-electron chi connectivity index (χ3n) is 1.04. The van der Waals surface area contributed by atoms with Crippen LogP contribution in [0.4, 0.5) is 8.78 Å². The molecule has 0 radical (unpaired) electrons. The van der Waals surface area contributed by atoms with Crippen molar-refractivity contribution >= 4 is 0 Å². The summed E-state index contributed by atoms with van der Waals surface area (Å²) in [7, 11) is 0. The van der Waals surface area contributed by atoms with Gasteiger partial charge in [-0.25, -0.2) is 8.78 Å². The molecule has 2 heteroatoms. The highest BCUT2D eigenvalue weighted by molar-refractivity contribution is 5.25. The van der Waals surface area contributed by atoms with Crippen LogP contribution in [-0.2, 0) is 0 Å². The zero-order chi connectivity index (χ0) is 8.15. The topological polar surface area (TPSA) is 0 Å². The smallest absolute Gasteiger partial charge is 0.158 e. The molecule has 0 aliphatic carbocycles. The molecule has 0 aliphatic rings. The number of allylic oxidation sites excluding steroid dienone is 4. The molecule has 0 spiro atoms. The monoisotopic (exact) mass is 144 g/mol. The van der Waals surface area contributed by atoms with Crippen molar-refractivity contribution in [2.45, 2.75) is 13.3 Å². The normalized spacial score (nSPS) is 11.3. The number of hydrogen-bond donors (Lipinski definition) is 0. The first-order valence-corrected chi connectivity index (χ1v) is 2.97. The zero-order valence-corrected chi connectivity index (χ0v) is 5.95. The van der Waals surface area contributed by atoms with Gasteiger partial charge in [0, 0.05) is 0 Å². The minimum Gasteiger partial charge on any atom is -0.204 e. The first-order chi connectivity index (χ1) is 4.57. The van der Waals surface area contributed by atoms with Crippen molar-refractivity contribution in [2.75, 3.05) is 0 Å². The van der Waals surface area contributed by atoms with Crippen LogP contribution in [-0.4, -0.2) is 0 Å². The van der Waals surface area contributed by atoms with E-state index in [9.17, 15) is 8.78 Å². The second kappa shape index (κ2) is 3.99. The molecule has 0 aromatic heterocycles. The lowest BCUT2D eigenvalue weighted by Gasteiger charge is -1.92. The highest BCUT2D eigenvalue weighted by atomic mass is 19.2. The number of hydrogen-bond acceptors (Lipinski definition) is 0. The van der Waals surface area contributed by atoms with Crippen LogP contribution >= 0.6 is 0 Å². The van der Waals surface area contributed by atoms with Gasteiger partial charge < -0.3 is 0 Å². The molecule has 0 unspecified atom stereocenters. The zero-order valence-electron chi connectivity index (χ0n) is 5.95. The standard InChI is InChI=1S/C8H10F2/c1-4-6(2)5-8(10)7(3)9/h5H,2-4H2,1H3/b8-5+. The Kier molecular flexibility index (Phi) is 3.62. The SMILES string of the molecule is C=C(/C=C(/F)C(=C)F)CC. The third kappa shape index (κ3) is 3.17.